The molecular weight excluding hydrogens is 327 g/mol. The molecule has 0 spiro atoms. The Labute approximate surface area is 135 Å². The number of carbonyl (C=O) groups excluding carboxylic acids is 2. The van der Waals surface area contributed by atoms with Gasteiger partial charge in [-0.2, -0.15) is 0 Å². The highest BCUT2D eigenvalue weighted by molar-refractivity contribution is 7.47. The van der Waals surface area contributed by atoms with E-state index in [1.165, 1.54) is 12.3 Å². The van der Waals surface area contributed by atoms with E-state index in [1.54, 1.807) is 18.9 Å². The van der Waals surface area contributed by atoms with Crippen molar-refractivity contribution in [2.75, 3.05) is 20.3 Å². The second-order valence-corrected chi connectivity index (χ2v) is 6.60. The predicted octanol–water partition coefficient (Wildman–Crippen LogP) is 0.609. The molecule has 0 aromatic rings. The molecule has 1 fully saturated rings. The highest BCUT2D eigenvalue weighted by Crippen LogP contribution is 2.44. The number of nitrogens with one attached hydrogen (secondary N) is 1. The number of phosphoric ester groups is 1. The molecule has 2 amide bonds. The third-order valence-electron chi connectivity index (χ3n) is 3.23. The van der Waals surface area contributed by atoms with Crippen LogP contribution in [0, 0.1) is 5.92 Å². The molecule has 1 saturated heterocycles. The number of nitrogens with zero attached hydrogens (tertiary/aromatic N) is 1. The first-order valence-corrected chi connectivity index (χ1v) is 8.70. The lowest BCUT2D eigenvalue weighted by atomic mass is 10.1. The van der Waals surface area contributed by atoms with E-state index in [4.69, 9.17) is 9.26 Å². The molecule has 0 radical (unpaired) electrons. The van der Waals surface area contributed by atoms with Crippen molar-refractivity contribution < 1.29 is 32.8 Å². The number of hydrogen-bond donors (Lipinski definition) is 2. The van der Waals surface area contributed by atoms with Gasteiger partial charge in [0.05, 0.1) is 19.3 Å². The first-order valence-electron chi connectivity index (χ1n) is 7.20. The monoisotopic (exact) mass is 350 g/mol. The van der Waals surface area contributed by atoms with Gasteiger partial charge in [0.2, 0.25) is 6.41 Å². The molecule has 0 aromatic carbocycles. The molecule has 2 N–H and O–H groups in total. The largest absolute Gasteiger partial charge is 0.472 e. The summed E-state index contributed by atoms with van der Waals surface area (Å²) in [7, 11) is -2.31. The minimum Gasteiger partial charge on any atom is -0.355 e. The van der Waals surface area contributed by atoms with Gasteiger partial charge in [-0.05, 0) is 13.3 Å². The fourth-order valence-electron chi connectivity index (χ4n) is 2.28. The van der Waals surface area contributed by atoms with Crippen molar-refractivity contribution in [1.29, 1.82) is 0 Å². The highest BCUT2D eigenvalue weighted by Gasteiger charge is 2.35. The van der Waals surface area contributed by atoms with Crippen LogP contribution in [0.4, 0.5) is 0 Å². The van der Waals surface area contributed by atoms with Gasteiger partial charge in [-0.1, -0.05) is 6.92 Å². The maximum atomic E-state index is 11.5. The number of rotatable bonds is 9. The summed E-state index contributed by atoms with van der Waals surface area (Å²) >= 11 is 0. The van der Waals surface area contributed by atoms with Crippen molar-refractivity contribution in [2.45, 2.75) is 32.6 Å². The first kappa shape index (κ1) is 19.8. The van der Waals surface area contributed by atoms with Gasteiger partial charge in [0.25, 0.3) is 5.91 Å². The van der Waals surface area contributed by atoms with Gasteiger partial charge in [-0.15, -0.1) is 0 Å². The number of imide groups is 1. The third kappa shape index (κ3) is 6.80. The maximum Gasteiger partial charge on any atom is 0.472 e. The Kier molecular flexibility index (Phi) is 7.87. The maximum absolute atomic E-state index is 11.5. The zero-order chi connectivity index (χ0) is 17.5. The van der Waals surface area contributed by atoms with Crippen molar-refractivity contribution in [3.63, 3.8) is 0 Å². The summed E-state index contributed by atoms with van der Waals surface area (Å²) in [6.45, 7) is 3.58. The van der Waals surface area contributed by atoms with E-state index in [1.807, 2.05) is 12.2 Å². The lowest BCUT2D eigenvalue weighted by Gasteiger charge is -2.25. The minimum atomic E-state index is -4.04. The summed E-state index contributed by atoms with van der Waals surface area (Å²) in [5.74, 6) is -0.409. The number of hydrogen-bond acceptors (Lipinski definition) is 7. The highest BCUT2D eigenvalue weighted by atomic mass is 31.2. The van der Waals surface area contributed by atoms with E-state index < -0.39 is 13.7 Å². The van der Waals surface area contributed by atoms with Gasteiger partial charge in [0, 0.05) is 25.2 Å². The van der Waals surface area contributed by atoms with Crippen molar-refractivity contribution >= 4 is 20.1 Å². The van der Waals surface area contributed by atoms with Crippen LogP contribution in [-0.2, 0) is 27.9 Å². The number of phosphoric acid groups is 1. The Bertz CT molecular complexity index is 485. The summed E-state index contributed by atoms with van der Waals surface area (Å²) in [6.07, 6.45) is 2.99. The normalized spacial score (nSPS) is 26.9. The molecule has 4 unspecified atom stereocenters. The van der Waals surface area contributed by atoms with Crippen LogP contribution < -0.4 is 5.32 Å². The van der Waals surface area contributed by atoms with E-state index in [0.29, 0.717) is 12.8 Å². The van der Waals surface area contributed by atoms with Gasteiger partial charge >= 0.3 is 7.82 Å². The molecule has 1 rings (SSSR count). The predicted molar refractivity (Wildman–Crippen MR) is 81.0 cm³/mol. The SMILES string of the molecule is CCOP(=O)(O)OCC1CC(C)C(N(C)/C=C\C(=O)NC=O)O1. The van der Waals surface area contributed by atoms with E-state index >= 15 is 0 Å². The molecule has 10 heteroatoms. The second kappa shape index (κ2) is 9.14. The molecule has 0 saturated carbocycles. The molecule has 1 heterocycles. The van der Waals surface area contributed by atoms with Crippen molar-refractivity contribution in [3.8, 4) is 0 Å². The number of amides is 2. The van der Waals surface area contributed by atoms with Crippen molar-refractivity contribution in [2.24, 2.45) is 5.92 Å². The quantitative estimate of drug-likeness (QED) is 0.353. The van der Waals surface area contributed by atoms with Crippen LogP contribution in [0.5, 0.6) is 0 Å². The summed E-state index contributed by atoms with van der Waals surface area (Å²) in [6, 6.07) is 0. The fraction of sp³-hybridized carbons (Fsp3) is 0.692. The summed E-state index contributed by atoms with van der Waals surface area (Å²) < 4.78 is 26.7. The Hall–Kier alpha value is -1.25. The van der Waals surface area contributed by atoms with Crippen molar-refractivity contribution in [1.82, 2.24) is 10.2 Å². The molecule has 23 heavy (non-hydrogen) atoms. The molecule has 0 aliphatic carbocycles. The van der Waals surface area contributed by atoms with Crippen LogP contribution >= 0.6 is 7.82 Å². The van der Waals surface area contributed by atoms with Crippen LogP contribution in [0.25, 0.3) is 0 Å². The first-order chi connectivity index (χ1) is 10.8. The Morgan fingerprint density at radius 3 is 2.83 bits per heavy atom. The smallest absolute Gasteiger partial charge is 0.355 e. The van der Waals surface area contributed by atoms with Crippen LogP contribution in [-0.4, -0.2) is 54.7 Å². The topological polar surface area (TPSA) is 114 Å². The minimum absolute atomic E-state index is 0.0577. The van der Waals surface area contributed by atoms with Crippen LogP contribution in [0.2, 0.25) is 0 Å². The van der Waals surface area contributed by atoms with E-state index in [-0.39, 0.29) is 31.5 Å². The third-order valence-corrected chi connectivity index (χ3v) is 4.29. The second-order valence-electron chi connectivity index (χ2n) is 5.15. The Balaban J connectivity index is 2.49. The Morgan fingerprint density at radius 1 is 1.52 bits per heavy atom. The zero-order valence-corrected chi connectivity index (χ0v) is 14.3. The molecule has 1 aliphatic heterocycles. The molecule has 1 aliphatic rings. The average Bonchev–Trinajstić information content (AvgIpc) is 2.84. The Morgan fingerprint density at radius 2 is 2.22 bits per heavy atom. The van der Waals surface area contributed by atoms with Gasteiger partial charge in [0.1, 0.15) is 6.23 Å². The van der Waals surface area contributed by atoms with E-state index in [9.17, 15) is 19.0 Å². The molecule has 132 valence electrons. The standard InChI is InChI=1S/C13H23N2O7P/c1-4-20-23(18,19)21-8-11-7-10(2)13(22-11)15(3)6-5-12(17)14-9-16/h5-6,9-11,13H,4,7-8H2,1-3H3,(H,18,19)(H,14,16,17)/b6-5-. The van der Waals surface area contributed by atoms with Crippen LogP contribution in [0.15, 0.2) is 12.3 Å². The summed E-state index contributed by atoms with van der Waals surface area (Å²) in [4.78, 5) is 32.4. The van der Waals surface area contributed by atoms with E-state index in [2.05, 4.69) is 4.52 Å². The average molecular weight is 350 g/mol. The number of ether oxygens (including phenoxy) is 1. The zero-order valence-electron chi connectivity index (χ0n) is 13.4. The number of carbonyl (C=O) groups is 2. The molecule has 0 aromatic heterocycles. The van der Waals surface area contributed by atoms with Crippen LogP contribution in [0.3, 0.4) is 0 Å². The van der Waals surface area contributed by atoms with E-state index in [0.717, 1.165) is 0 Å². The van der Waals surface area contributed by atoms with Gasteiger partial charge in [-0.25, -0.2) is 4.57 Å². The lowest BCUT2D eigenvalue weighted by Crippen LogP contribution is -2.32. The molecule has 4 atom stereocenters. The fourth-order valence-corrected chi connectivity index (χ4v) is 3.03. The van der Waals surface area contributed by atoms with Crippen LogP contribution in [0.1, 0.15) is 20.3 Å². The van der Waals surface area contributed by atoms with Crippen molar-refractivity contribution in [3.05, 3.63) is 12.3 Å². The molecular formula is C13H23N2O7P. The molecule has 9 nitrogen and oxygen atoms in total. The summed E-state index contributed by atoms with van der Waals surface area (Å²) in [5, 5.41) is 1.99. The van der Waals surface area contributed by atoms with Gasteiger partial charge in [0.15, 0.2) is 0 Å². The van der Waals surface area contributed by atoms with Gasteiger partial charge < -0.3 is 14.5 Å². The summed E-state index contributed by atoms with van der Waals surface area (Å²) in [5.41, 5.74) is 0. The van der Waals surface area contributed by atoms with Gasteiger partial charge in [-0.3, -0.25) is 24.0 Å². The molecule has 0 bridgehead atoms. The lowest BCUT2D eigenvalue weighted by molar-refractivity contribution is -0.121.